The van der Waals surface area contributed by atoms with Gasteiger partial charge in [0.05, 0.1) is 57.9 Å². The van der Waals surface area contributed by atoms with Crippen LogP contribution >= 0.6 is 0 Å². The van der Waals surface area contributed by atoms with Crippen LogP contribution in [0.3, 0.4) is 0 Å². The molecule has 6 aliphatic carbocycles. The summed E-state index contributed by atoms with van der Waals surface area (Å²) < 4.78 is 23.8. The molecule has 4 aromatic carbocycles. The monoisotopic (exact) mass is 1410 g/mol. The Hall–Kier alpha value is -8.39. The maximum Gasteiger partial charge on any atom is 0.409 e. The molecule has 0 radical (unpaired) electrons. The van der Waals surface area contributed by atoms with Crippen LogP contribution in [-0.2, 0) is 41.8 Å². The van der Waals surface area contributed by atoms with Gasteiger partial charge >= 0.3 is 12.2 Å². The van der Waals surface area contributed by atoms with Gasteiger partial charge in [-0.15, -0.1) is 0 Å². The molecule has 2 aliphatic heterocycles. The number of azide groups is 1. The second-order valence-electron chi connectivity index (χ2n) is 30.7. The number of carbonyl (C=O) groups is 6. The number of ether oxygens (including phenoxy) is 4. The third kappa shape index (κ3) is 15.9. The Morgan fingerprint density at radius 2 is 1.01 bits per heavy atom. The molecule has 4 aromatic rings. The molecule has 102 heavy (non-hydrogen) atoms. The van der Waals surface area contributed by atoms with Gasteiger partial charge in [0.1, 0.15) is 35.8 Å². The molecule has 2 saturated heterocycles. The number of carbonyl (C=O) groups excluding carboxylic acids is 6. The van der Waals surface area contributed by atoms with Crippen LogP contribution in [0.4, 0.5) is 21.0 Å². The lowest BCUT2D eigenvalue weighted by Crippen LogP contribution is -2.62. The number of nitrogens with two attached hydrogens (primary N) is 1. The first-order chi connectivity index (χ1) is 48.2. The van der Waals surface area contributed by atoms with Crippen molar-refractivity contribution in [2.75, 3.05) is 108 Å². The Balaban J connectivity index is 0.000000237. The number of para-hydroxylation sites is 2. The Bertz CT molecular complexity index is 3760. The smallest absolute Gasteiger partial charge is 0.409 e. The number of nitrogens with zero attached hydrogens (tertiary/aromatic N) is 9. The zero-order valence-corrected chi connectivity index (χ0v) is 63.3. The molecule has 8 aliphatic rings. The van der Waals surface area contributed by atoms with Gasteiger partial charge in [0.25, 0.3) is 11.8 Å². The van der Waals surface area contributed by atoms with E-state index in [-0.39, 0.29) is 78.6 Å². The molecule has 6 N–H and O–H groups in total. The Kier molecular flexibility index (Phi) is 24.5. The minimum Gasteiger partial charge on any atom is -0.496 e. The summed E-state index contributed by atoms with van der Waals surface area (Å²) in [5.74, 6) is 1.92. The molecule has 4 bridgehead atoms. The molecule has 8 fully saturated rings. The predicted molar refractivity (Wildman–Crippen MR) is 392 cm³/mol. The summed E-state index contributed by atoms with van der Waals surface area (Å²) in [6.07, 6.45) is 0.374. The van der Waals surface area contributed by atoms with E-state index in [1.54, 1.807) is 80.5 Å². The number of amides is 6. The number of benzene rings is 4. The van der Waals surface area contributed by atoms with Gasteiger partial charge in [0.2, 0.25) is 11.8 Å². The van der Waals surface area contributed by atoms with Crippen molar-refractivity contribution in [2.45, 2.75) is 143 Å². The van der Waals surface area contributed by atoms with Gasteiger partial charge in [-0.1, -0.05) is 83.1 Å². The summed E-state index contributed by atoms with van der Waals surface area (Å²) in [5.41, 5.74) is 23.4. The van der Waals surface area contributed by atoms with E-state index in [0.29, 0.717) is 52.2 Å². The molecule has 26 nitrogen and oxygen atoms in total. The molecule has 12 rings (SSSR count). The number of hydrogen-bond acceptors (Lipinski definition) is 18. The molecule has 6 amide bonds. The molecular formula is C76H110N14O12. The summed E-state index contributed by atoms with van der Waals surface area (Å²) in [7, 11) is 20.5. The normalized spacial score (nSPS) is 27.0. The summed E-state index contributed by atoms with van der Waals surface area (Å²) in [5, 5.41) is 19.3. The molecular weight excluding hydrogens is 1300 g/mol. The largest absolute Gasteiger partial charge is 0.496 e. The highest BCUT2D eigenvalue weighted by atomic mass is 16.7. The van der Waals surface area contributed by atoms with Crippen LogP contribution < -0.4 is 46.3 Å². The van der Waals surface area contributed by atoms with Crippen LogP contribution in [0.5, 0.6) is 11.5 Å². The highest BCUT2D eigenvalue weighted by Crippen LogP contribution is 2.62. The molecule has 16 atom stereocenters. The van der Waals surface area contributed by atoms with Crippen LogP contribution in [0.25, 0.3) is 32.7 Å². The molecule has 26 heteroatoms. The lowest BCUT2D eigenvalue weighted by atomic mass is 9.45. The van der Waals surface area contributed by atoms with E-state index >= 15 is 0 Å². The highest BCUT2D eigenvalue weighted by molar-refractivity contribution is 5.98. The first-order valence-electron chi connectivity index (χ1n) is 35.6. The summed E-state index contributed by atoms with van der Waals surface area (Å²) in [4.78, 5) is 103. The van der Waals surface area contributed by atoms with Crippen molar-refractivity contribution < 1.29 is 57.4 Å². The van der Waals surface area contributed by atoms with Gasteiger partial charge in [0.15, 0.2) is 0 Å². The van der Waals surface area contributed by atoms with Crippen molar-refractivity contribution in [1.29, 1.82) is 0 Å². The topological polar surface area (TPSA) is 300 Å². The highest BCUT2D eigenvalue weighted by Gasteiger charge is 2.60. The molecule has 0 spiro atoms. The van der Waals surface area contributed by atoms with Crippen molar-refractivity contribution in [1.82, 2.24) is 41.2 Å². The minimum atomic E-state index is -0.896. The predicted octanol–water partition coefficient (Wildman–Crippen LogP) is 9.59. The van der Waals surface area contributed by atoms with Gasteiger partial charge in [0, 0.05) is 139 Å². The Morgan fingerprint density at radius 3 is 1.34 bits per heavy atom. The van der Waals surface area contributed by atoms with Crippen LogP contribution in [0.2, 0.25) is 0 Å². The Labute approximate surface area is 601 Å². The maximum atomic E-state index is 14.6. The number of anilines is 2. The zero-order valence-electron chi connectivity index (χ0n) is 63.3. The zero-order chi connectivity index (χ0) is 74.7. The number of rotatable bonds is 23. The SMILES string of the molecule is CNC(=O)c1cc(-c2cccc(CN3O[C@@H](CN)[C@@H]([C@H](C)OC(=O)N(C)C)[C@H]3C(=O)N[C@H]3C[C@H]4C[C@@H]([C@@H]3C)C4(C)C)c2OC)cc(N(C)C)c1.CNC(=O)c1cc(-c2cccc(CN3O[C@@H](CN=[N+]=[N-])[C@@H]([C@H](C)OC(=O)N(C)C)[C@H]3C(=O)N[C@H]3C[C@H]4C[C@@H]([C@@H]3C)C4(C)C)c2OC)cc(N(C)C)c1. The van der Waals surface area contributed by atoms with Crippen molar-refractivity contribution in [3.63, 3.8) is 0 Å². The van der Waals surface area contributed by atoms with Crippen molar-refractivity contribution in [3.05, 3.63) is 105 Å². The van der Waals surface area contributed by atoms with Crippen molar-refractivity contribution >= 4 is 47.2 Å². The molecule has 0 unspecified atom stereocenters. The summed E-state index contributed by atoms with van der Waals surface area (Å²) >= 11 is 0. The second kappa shape index (κ2) is 32.1. The van der Waals surface area contributed by atoms with E-state index in [9.17, 15) is 34.3 Å². The van der Waals surface area contributed by atoms with Gasteiger partial charge < -0.3 is 65.5 Å². The van der Waals surface area contributed by atoms with Crippen LogP contribution in [0, 0.1) is 58.2 Å². The summed E-state index contributed by atoms with van der Waals surface area (Å²) in [6.45, 7) is 17.7. The minimum absolute atomic E-state index is 0.0149. The van der Waals surface area contributed by atoms with E-state index in [1.165, 1.54) is 22.6 Å². The van der Waals surface area contributed by atoms with E-state index in [2.05, 4.69) is 72.8 Å². The third-order valence-corrected chi connectivity index (χ3v) is 23.3. The molecule has 556 valence electrons. The number of nitrogens with one attached hydrogen (secondary N) is 4. The molecule has 6 saturated carbocycles. The van der Waals surface area contributed by atoms with Crippen LogP contribution in [-0.4, -0.2) is 202 Å². The average molecular weight is 1410 g/mol. The molecule has 0 aromatic heterocycles. The van der Waals surface area contributed by atoms with Crippen molar-refractivity contribution in [2.24, 2.45) is 69.0 Å². The second-order valence-corrected chi connectivity index (χ2v) is 30.7. The first kappa shape index (κ1) is 77.8. The van der Waals surface area contributed by atoms with Gasteiger partial charge in [-0.3, -0.25) is 28.9 Å². The van der Waals surface area contributed by atoms with Crippen LogP contribution in [0.1, 0.15) is 113 Å². The average Bonchev–Trinajstić information content (AvgIpc) is 0.894. The number of hydroxylamine groups is 4. The fraction of sp³-hybridized carbons (Fsp3) is 0.605. The van der Waals surface area contributed by atoms with Gasteiger partial charge in [-0.05, 0) is 139 Å². The van der Waals surface area contributed by atoms with Gasteiger partial charge in [-0.2, -0.15) is 10.1 Å². The van der Waals surface area contributed by atoms with E-state index < -0.39 is 60.5 Å². The van der Waals surface area contributed by atoms with Gasteiger partial charge in [-0.25, -0.2) is 9.59 Å². The quantitative estimate of drug-likeness (QED) is 0.0262. The number of hydrogen-bond donors (Lipinski definition) is 5. The lowest BCUT2D eigenvalue weighted by Gasteiger charge is -2.62. The number of methoxy groups -OCH3 is 2. The van der Waals surface area contributed by atoms with Crippen LogP contribution in [0.15, 0.2) is 77.9 Å². The number of fused-ring (bicyclic) bond motifs is 4. The molecule has 2 heterocycles. The van der Waals surface area contributed by atoms with Crippen molar-refractivity contribution in [3.8, 4) is 33.8 Å². The maximum absolute atomic E-state index is 14.6. The fourth-order valence-electron chi connectivity index (χ4n) is 17.1. The summed E-state index contributed by atoms with van der Waals surface area (Å²) in [6, 6.07) is 21.2. The fourth-order valence-corrected chi connectivity index (χ4v) is 17.1. The lowest BCUT2D eigenvalue weighted by molar-refractivity contribution is -0.176. The first-order valence-corrected chi connectivity index (χ1v) is 35.6. The van der Waals surface area contributed by atoms with E-state index in [4.69, 9.17) is 34.4 Å². The Morgan fingerprint density at radius 1 is 0.618 bits per heavy atom. The standard InChI is InChI=1S/C38H54N8O6.C38H56N6O6/c1-21-29-17-26(38(29,3)4)18-30(21)42-36(48)33-32(22(2)51-37(49)45(8)9)31(19-41-43-39)52-46(33)20-23-12-11-13-28(34(23)50-10)24-14-25(35(47)40-5)16-27(15-24)44(6)7;1-21-29-17-26(38(29,3)4)18-30(21)41-36(46)33-32(22(2)49-37(47)43(8)9)31(19-39)50-44(33)20-23-12-11-13-28(34(23)48-10)24-14-25(35(45)40-5)16-27(15-24)42(6)7/h11-16,21-22,26,29-33H,17-20H2,1-10H3,(H,40,47)(H,42,48);11-16,21-22,26,29-33H,17-20,39H2,1-10H3,(H,40,45)(H,41,46)/t2*21-,22-,26+,29-,30-,31-,32+,33-/m00/s1. The third-order valence-electron chi connectivity index (χ3n) is 23.3. The van der Waals surface area contributed by atoms with E-state index in [0.717, 1.165) is 57.6 Å². The van der Waals surface area contributed by atoms with E-state index in [1.807, 2.05) is 111 Å².